The largest absolute Gasteiger partial charge is 0.383 e. The van der Waals surface area contributed by atoms with Gasteiger partial charge >= 0.3 is 0 Å². The second-order valence-corrected chi connectivity index (χ2v) is 5.19. The summed E-state index contributed by atoms with van der Waals surface area (Å²) in [5, 5.41) is 4.74. The maximum atomic E-state index is 5.94. The minimum atomic E-state index is 0.623. The number of rotatable bonds is 3. The smallest absolute Gasteiger partial charge is 0.0441 e. The first-order valence-corrected chi connectivity index (χ1v) is 6.31. The van der Waals surface area contributed by atoms with Gasteiger partial charge in [-0.1, -0.05) is 23.2 Å². The van der Waals surface area contributed by atoms with Crippen LogP contribution in [-0.2, 0) is 0 Å². The molecule has 1 aliphatic rings. The maximum absolute atomic E-state index is 5.94. The van der Waals surface area contributed by atoms with Gasteiger partial charge in [-0.3, -0.25) is 0 Å². The zero-order valence-electron chi connectivity index (χ0n) is 9.34. The third-order valence-corrected chi connectivity index (χ3v) is 3.51. The van der Waals surface area contributed by atoms with E-state index < -0.39 is 0 Å². The standard InChI is InChI=1S/C12H16Cl2N2/c1-16-4-2-3-12(16)8-15-11-6-9(13)5-10(14)7-11/h5-7,12,15H,2-4,8H2,1H3. The Hall–Kier alpha value is -0.440. The van der Waals surface area contributed by atoms with Gasteiger partial charge in [-0.25, -0.2) is 0 Å². The van der Waals surface area contributed by atoms with E-state index in [1.807, 2.05) is 12.1 Å². The molecule has 0 bridgehead atoms. The van der Waals surface area contributed by atoms with Gasteiger partial charge in [0.05, 0.1) is 0 Å². The van der Waals surface area contributed by atoms with Crippen LogP contribution in [0.2, 0.25) is 10.0 Å². The molecule has 4 heteroatoms. The first kappa shape index (κ1) is 12.0. The molecule has 0 amide bonds. The topological polar surface area (TPSA) is 15.3 Å². The van der Waals surface area contributed by atoms with Crippen molar-refractivity contribution in [3.63, 3.8) is 0 Å². The van der Waals surface area contributed by atoms with E-state index in [9.17, 15) is 0 Å². The van der Waals surface area contributed by atoms with Crippen LogP contribution in [0.1, 0.15) is 12.8 Å². The van der Waals surface area contributed by atoms with Gasteiger partial charge in [-0.05, 0) is 44.6 Å². The fourth-order valence-electron chi connectivity index (χ4n) is 2.13. The molecule has 1 N–H and O–H groups in total. The van der Waals surface area contributed by atoms with Crippen molar-refractivity contribution in [1.29, 1.82) is 0 Å². The predicted octanol–water partition coefficient (Wildman–Crippen LogP) is 3.50. The molecule has 1 saturated heterocycles. The van der Waals surface area contributed by atoms with Crippen molar-refractivity contribution in [3.05, 3.63) is 28.2 Å². The molecular formula is C12H16Cl2N2. The summed E-state index contributed by atoms with van der Waals surface area (Å²) in [7, 11) is 2.17. The highest BCUT2D eigenvalue weighted by molar-refractivity contribution is 6.35. The van der Waals surface area contributed by atoms with Crippen LogP contribution in [0.15, 0.2) is 18.2 Å². The average Bonchev–Trinajstić information content (AvgIpc) is 2.59. The summed E-state index contributed by atoms with van der Waals surface area (Å²) < 4.78 is 0. The van der Waals surface area contributed by atoms with Gasteiger partial charge < -0.3 is 10.2 Å². The number of anilines is 1. The van der Waals surface area contributed by atoms with Crippen LogP contribution in [0.25, 0.3) is 0 Å². The Morgan fingerprint density at radius 1 is 1.31 bits per heavy atom. The average molecular weight is 259 g/mol. The third kappa shape index (κ3) is 3.03. The van der Waals surface area contributed by atoms with Gasteiger partial charge in [0, 0.05) is 28.3 Å². The summed E-state index contributed by atoms with van der Waals surface area (Å²) in [6, 6.07) is 6.18. The van der Waals surface area contributed by atoms with E-state index in [-0.39, 0.29) is 0 Å². The van der Waals surface area contributed by atoms with Crippen LogP contribution in [-0.4, -0.2) is 31.1 Å². The minimum absolute atomic E-state index is 0.623. The van der Waals surface area contributed by atoms with Crippen molar-refractivity contribution >= 4 is 28.9 Å². The van der Waals surface area contributed by atoms with E-state index in [2.05, 4.69) is 17.3 Å². The zero-order valence-corrected chi connectivity index (χ0v) is 10.9. The first-order chi connectivity index (χ1) is 7.65. The molecule has 0 aromatic heterocycles. The zero-order chi connectivity index (χ0) is 11.5. The summed E-state index contributed by atoms with van der Waals surface area (Å²) in [6.07, 6.45) is 2.55. The molecule has 1 fully saturated rings. The summed E-state index contributed by atoms with van der Waals surface area (Å²) in [5.74, 6) is 0. The molecule has 1 aliphatic heterocycles. The molecule has 1 heterocycles. The van der Waals surface area contributed by atoms with Crippen LogP contribution >= 0.6 is 23.2 Å². The maximum Gasteiger partial charge on any atom is 0.0441 e. The molecule has 0 radical (unpaired) electrons. The molecule has 88 valence electrons. The summed E-state index contributed by atoms with van der Waals surface area (Å²) in [5.41, 5.74) is 0.998. The summed E-state index contributed by atoms with van der Waals surface area (Å²) in [6.45, 7) is 2.15. The van der Waals surface area contributed by atoms with Gasteiger partial charge in [0.15, 0.2) is 0 Å². The lowest BCUT2D eigenvalue weighted by molar-refractivity contribution is 0.322. The van der Waals surface area contributed by atoms with E-state index >= 15 is 0 Å². The monoisotopic (exact) mass is 258 g/mol. The quantitative estimate of drug-likeness (QED) is 0.893. The Kier molecular flexibility index (Phi) is 3.95. The molecule has 1 unspecified atom stereocenters. The Balaban J connectivity index is 1.94. The molecule has 1 aromatic rings. The van der Waals surface area contributed by atoms with Crippen molar-refractivity contribution in [3.8, 4) is 0 Å². The SMILES string of the molecule is CN1CCCC1CNc1cc(Cl)cc(Cl)c1. The molecule has 1 aromatic carbocycles. The van der Waals surface area contributed by atoms with E-state index in [1.54, 1.807) is 6.07 Å². The molecule has 0 spiro atoms. The van der Waals surface area contributed by atoms with Crippen molar-refractivity contribution in [2.45, 2.75) is 18.9 Å². The number of nitrogens with zero attached hydrogens (tertiary/aromatic N) is 1. The molecule has 2 rings (SSSR count). The second-order valence-electron chi connectivity index (χ2n) is 4.32. The van der Waals surface area contributed by atoms with Crippen molar-refractivity contribution in [2.24, 2.45) is 0 Å². The lowest BCUT2D eigenvalue weighted by Crippen LogP contribution is -2.31. The highest BCUT2D eigenvalue weighted by Crippen LogP contribution is 2.23. The van der Waals surface area contributed by atoms with Crippen LogP contribution in [0, 0.1) is 0 Å². The van der Waals surface area contributed by atoms with Crippen LogP contribution in [0.4, 0.5) is 5.69 Å². The van der Waals surface area contributed by atoms with Gasteiger partial charge in [0.2, 0.25) is 0 Å². The number of halogens is 2. The highest BCUT2D eigenvalue weighted by atomic mass is 35.5. The molecule has 2 nitrogen and oxygen atoms in total. The minimum Gasteiger partial charge on any atom is -0.383 e. The number of hydrogen-bond donors (Lipinski definition) is 1. The summed E-state index contributed by atoms with van der Waals surface area (Å²) >= 11 is 11.9. The fourth-order valence-corrected chi connectivity index (χ4v) is 2.65. The van der Waals surface area contributed by atoms with Crippen LogP contribution < -0.4 is 5.32 Å². The van der Waals surface area contributed by atoms with E-state index in [1.165, 1.54) is 19.4 Å². The van der Waals surface area contributed by atoms with Gasteiger partial charge in [-0.2, -0.15) is 0 Å². The van der Waals surface area contributed by atoms with Gasteiger partial charge in [0.25, 0.3) is 0 Å². The second kappa shape index (κ2) is 5.26. The van der Waals surface area contributed by atoms with E-state index in [0.717, 1.165) is 12.2 Å². The first-order valence-electron chi connectivity index (χ1n) is 5.55. The Labute approximate surface area is 107 Å². The van der Waals surface area contributed by atoms with E-state index in [0.29, 0.717) is 16.1 Å². The van der Waals surface area contributed by atoms with Crippen molar-refractivity contribution in [1.82, 2.24) is 4.90 Å². The number of likely N-dealkylation sites (tertiary alicyclic amines) is 1. The Bertz CT molecular complexity index is 348. The molecule has 0 saturated carbocycles. The number of likely N-dealkylation sites (N-methyl/N-ethyl adjacent to an activating group) is 1. The Morgan fingerprint density at radius 3 is 2.56 bits per heavy atom. The van der Waals surface area contributed by atoms with Crippen molar-refractivity contribution < 1.29 is 0 Å². The molecule has 0 aliphatic carbocycles. The number of hydrogen-bond acceptors (Lipinski definition) is 2. The van der Waals surface area contributed by atoms with Gasteiger partial charge in [-0.15, -0.1) is 0 Å². The Morgan fingerprint density at radius 2 is 2.00 bits per heavy atom. The van der Waals surface area contributed by atoms with Crippen LogP contribution in [0.3, 0.4) is 0 Å². The predicted molar refractivity (Wildman–Crippen MR) is 70.6 cm³/mol. The molecule has 1 atom stereocenters. The van der Waals surface area contributed by atoms with Crippen molar-refractivity contribution in [2.75, 3.05) is 25.5 Å². The number of benzene rings is 1. The lowest BCUT2D eigenvalue weighted by atomic mass is 10.2. The molecular weight excluding hydrogens is 243 g/mol. The van der Waals surface area contributed by atoms with Crippen LogP contribution in [0.5, 0.6) is 0 Å². The summed E-state index contributed by atoms with van der Waals surface area (Å²) in [4.78, 5) is 2.39. The highest BCUT2D eigenvalue weighted by Gasteiger charge is 2.20. The lowest BCUT2D eigenvalue weighted by Gasteiger charge is -2.20. The number of nitrogens with one attached hydrogen (secondary N) is 1. The normalized spacial score (nSPS) is 21.3. The molecule has 16 heavy (non-hydrogen) atoms. The van der Waals surface area contributed by atoms with Gasteiger partial charge in [0.1, 0.15) is 0 Å². The fraction of sp³-hybridized carbons (Fsp3) is 0.500. The van der Waals surface area contributed by atoms with E-state index in [4.69, 9.17) is 23.2 Å². The third-order valence-electron chi connectivity index (χ3n) is 3.08.